The summed E-state index contributed by atoms with van der Waals surface area (Å²) < 4.78 is 18.7. The Balaban J connectivity index is 1.97. The third-order valence-electron chi connectivity index (χ3n) is 2.91. The van der Waals surface area contributed by atoms with Crippen LogP contribution in [0.2, 0.25) is 0 Å². The van der Waals surface area contributed by atoms with Crippen molar-refractivity contribution in [2.24, 2.45) is 5.92 Å². The van der Waals surface area contributed by atoms with Gasteiger partial charge in [-0.2, -0.15) is 0 Å². The lowest BCUT2D eigenvalue weighted by Gasteiger charge is -2.09. The fourth-order valence-electron chi connectivity index (χ4n) is 1.77. The van der Waals surface area contributed by atoms with Gasteiger partial charge >= 0.3 is 0 Å². The van der Waals surface area contributed by atoms with E-state index in [1.165, 1.54) is 12.1 Å². The molecular formula is C16H20FN3O. The van der Waals surface area contributed by atoms with Crippen LogP contribution in [0.4, 0.5) is 4.39 Å². The molecule has 0 radical (unpaired) electrons. The van der Waals surface area contributed by atoms with Crippen molar-refractivity contribution in [1.29, 1.82) is 0 Å². The molecule has 0 aliphatic carbocycles. The summed E-state index contributed by atoms with van der Waals surface area (Å²) in [7, 11) is 0. The SMILES string of the molecule is Cc1ccc(F)cc1Oc1cnc(CNCC(C)C)cn1. The van der Waals surface area contributed by atoms with Crippen molar-refractivity contribution < 1.29 is 9.13 Å². The van der Waals surface area contributed by atoms with Crippen LogP contribution in [0.25, 0.3) is 0 Å². The van der Waals surface area contributed by atoms with Crippen LogP contribution >= 0.6 is 0 Å². The number of nitrogens with zero attached hydrogens (tertiary/aromatic N) is 2. The van der Waals surface area contributed by atoms with Crippen LogP contribution in [0.1, 0.15) is 25.1 Å². The van der Waals surface area contributed by atoms with E-state index in [1.807, 2.05) is 6.92 Å². The number of aromatic nitrogens is 2. The minimum atomic E-state index is -0.335. The molecule has 0 bridgehead atoms. The number of benzene rings is 1. The van der Waals surface area contributed by atoms with E-state index >= 15 is 0 Å². The molecule has 0 saturated carbocycles. The molecule has 21 heavy (non-hydrogen) atoms. The van der Waals surface area contributed by atoms with Gasteiger partial charge in [0.1, 0.15) is 11.6 Å². The van der Waals surface area contributed by atoms with Gasteiger partial charge in [-0.3, -0.25) is 4.98 Å². The highest BCUT2D eigenvalue weighted by Gasteiger charge is 2.05. The highest BCUT2D eigenvalue weighted by Crippen LogP contribution is 2.23. The molecule has 1 aromatic carbocycles. The van der Waals surface area contributed by atoms with Crippen molar-refractivity contribution in [1.82, 2.24) is 15.3 Å². The second-order valence-corrected chi connectivity index (χ2v) is 5.38. The molecule has 5 heteroatoms. The second-order valence-electron chi connectivity index (χ2n) is 5.38. The molecule has 0 amide bonds. The van der Waals surface area contributed by atoms with Crippen LogP contribution in [0.3, 0.4) is 0 Å². The summed E-state index contributed by atoms with van der Waals surface area (Å²) in [5.74, 6) is 1.07. The summed E-state index contributed by atoms with van der Waals surface area (Å²) in [4.78, 5) is 8.48. The molecule has 0 unspecified atom stereocenters. The second kappa shape index (κ2) is 7.13. The molecule has 0 aliphatic rings. The average Bonchev–Trinajstić information content (AvgIpc) is 2.44. The predicted molar refractivity (Wildman–Crippen MR) is 79.8 cm³/mol. The molecule has 1 heterocycles. The summed E-state index contributed by atoms with van der Waals surface area (Å²) in [6.45, 7) is 7.76. The number of ether oxygens (including phenoxy) is 1. The van der Waals surface area contributed by atoms with E-state index in [1.54, 1.807) is 18.5 Å². The highest BCUT2D eigenvalue weighted by molar-refractivity contribution is 5.35. The minimum Gasteiger partial charge on any atom is -0.437 e. The molecule has 2 rings (SSSR count). The number of halogens is 1. The van der Waals surface area contributed by atoms with E-state index in [0.29, 0.717) is 24.1 Å². The van der Waals surface area contributed by atoms with Gasteiger partial charge < -0.3 is 10.1 Å². The van der Waals surface area contributed by atoms with Crippen LogP contribution < -0.4 is 10.1 Å². The van der Waals surface area contributed by atoms with Gasteiger partial charge in [0, 0.05) is 12.6 Å². The number of aryl methyl sites for hydroxylation is 1. The van der Waals surface area contributed by atoms with Crippen molar-refractivity contribution in [3.05, 3.63) is 47.7 Å². The Morgan fingerprint density at radius 3 is 2.71 bits per heavy atom. The molecule has 0 fully saturated rings. The third-order valence-corrected chi connectivity index (χ3v) is 2.91. The van der Waals surface area contributed by atoms with E-state index in [2.05, 4.69) is 29.1 Å². The minimum absolute atomic E-state index is 0.335. The molecule has 1 aromatic heterocycles. The van der Waals surface area contributed by atoms with Crippen molar-refractivity contribution >= 4 is 0 Å². The first-order valence-electron chi connectivity index (χ1n) is 7.00. The predicted octanol–water partition coefficient (Wildman–Crippen LogP) is 3.46. The smallest absolute Gasteiger partial charge is 0.237 e. The number of nitrogens with one attached hydrogen (secondary N) is 1. The zero-order valence-electron chi connectivity index (χ0n) is 12.6. The first-order chi connectivity index (χ1) is 10.0. The highest BCUT2D eigenvalue weighted by atomic mass is 19.1. The van der Waals surface area contributed by atoms with Gasteiger partial charge in [0.05, 0.1) is 18.1 Å². The number of hydrogen-bond acceptors (Lipinski definition) is 4. The molecule has 4 nitrogen and oxygen atoms in total. The first-order valence-corrected chi connectivity index (χ1v) is 7.00. The van der Waals surface area contributed by atoms with Crippen molar-refractivity contribution in [2.75, 3.05) is 6.54 Å². The van der Waals surface area contributed by atoms with Crippen LogP contribution in [-0.4, -0.2) is 16.5 Å². The van der Waals surface area contributed by atoms with E-state index in [9.17, 15) is 4.39 Å². The summed E-state index contributed by atoms with van der Waals surface area (Å²) >= 11 is 0. The lowest BCUT2D eigenvalue weighted by atomic mass is 10.2. The summed E-state index contributed by atoms with van der Waals surface area (Å²) in [6, 6.07) is 4.41. The van der Waals surface area contributed by atoms with Gasteiger partial charge in [-0.15, -0.1) is 0 Å². The Morgan fingerprint density at radius 1 is 1.24 bits per heavy atom. The monoisotopic (exact) mass is 289 g/mol. The fourth-order valence-corrected chi connectivity index (χ4v) is 1.77. The molecule has 2 aromatic rings. The maximum atomic E-state index is 13.2. The maximum absolute atomic E-state index is 13.2. The topological polar surface area (TPSA) is 47.0 Å². The lowest BCUT2D eigenvalue weighted by Crippen LogP contribution is -2.19. The molecule has 112 valence electrons. The van der Waals surface area contributed by atoms with Crippen LogP contribution in [-0.2, 0) is 6.54 Å². The first kappa shape index (κ1) is 15.4. The Bertz CT molecular complexity index is 585. The van der Waals surface area contributed by atoms with Gasteiger partial charge in [0.15, 0.2) is 0 Å². The maximum Gasteiger partial charge on any atom is 0.237 e. The Labute approximate surface area is 124 Å². The van der Waals surface area contributed by atoms with E-state index < -0.39 is 0 Å². The third kappa shape index (κ3) is 4.79. The lowest BCUT2D eigenvalue weighted by molar-refractivity contribution is 0.450. The summed E-state index contributed by atoms with van der Waals surface area (Å²) in [5, 5.41) is 3.29. The van der Waals surface area contributed by atoms with Crippen LogP contribution in [0.15, 0.2) is 30.6 Å². The van der Waals surface area contributed by atoms with E-state index in [4.69, 9.17) is 4.74 Å². The molecule has 1 N–H and O–H groups in total. The van der Waals surface area contributed by atoms with E-state index in [-0.39, 0.29) is 5.82 Å². The van der Waals surface area contributed by atoms with Crippen LogP contribution in [0.5, 0.6) is 11.6 Å². The quantitative estimate of drug-likeness (QED) is 0.884. The van der Waals surface area contributed by atoms with Gasteiger partial charge in [0.25, 0.3) is 0 Å². The Kier molecular flexibility index (Phi) is 5.22. The summed E-state index contributed by atoms with van der Waals surface area (Å²) in [6.07, 6.45) is 3.22. The average molecular weight is 289 g/mol. The van der Waals surface area contributed by atoms with Gasteiger partial charge in [-0.25, -0.2) is 9.37 Å². The Morgan fingerprint density at radius 2 is 2.05 bits per heavy atom. The van der Waals surface area contributed by atoms with Gasteiger partial charge in [-0.1, -0.05) is 19.9 Å². The van der Waals surface area contributed by atoms with Crippen molar-refractivity contribution in [2.45, 2.75) is 27.3 Å². The fraction of sp³-hybridized carbons (Fsp3) is 0.375. The number of rotatable bonds is 6. The molecule has 0 saturated heterocycles. The standard InChI is InChI=1S/C16H20FN3O/c1-11(2)7-18-8-14-9-20-16(10-19-14)21-15-6-13(17)5-4-12(15)3/h4-6,9-11,18H,7-8H2,1-3H3. The van der Waals surface area contributed by atoms with Crippen molar-refractivity contribution in [3.63, 3.8) is 0 Å². The zero-order chi connectivity index (χ0) is 15.2. The Hall–Kier alpha value is -2.01. The van der Waals surface area contributed by atoms with Gasteiger partial charge in [0.2, 0.25) is 5.88 Å². The molecule has 0 spiro atoms. The van der Waals surface area contributed by atoms with E-state index in [0.717, 1.165) is 17.8 Å². The molecular weight excluding hydrogens is 269 g/mol. The summed E-state index contributed by atoms with van der Waals surface area (Å²) in [5.41, 5.74) is 1.69. The molecule has 0 aliphatic heterocycles. The number of hydrogen-bond donors (Lipinski definition) is 1. The normalized spacial score (nSPS) is 10.9. The van der Waals surface area contributed by atoms with Crippen LogP contribution in [0, 0.1) is 18.7 Å². The van der Waals surface area contributed by atoms with Gasteiger partial charge in [-0.05, 0) is 31.0 Å². The van der Waals surface area contributed by atoms with Crippen molar-refractivity contribution in [3.8, 4) is 11.6 Å². The molecule has 0 atom stereocenters. The largest absolute Gasteiger partial charge is 0.437 e. The zero-order valence-corrected chi connectivity index (χ0v) is 12.6.